The van der Waals surface area contributed by atoms with Gasteiger partial charge in [0.15, 0.2) is 5.78 Å². The van der Waals surface area contributed by atoms with Crippen molar-refractivity contribution in [3.8, 4) is 5.75 Å². The molecule has 0 aliphatic carbocycles. The average Bonchev–Trinajstić information content (AvgIpc) is 2.38. The maximum Gasteiger partial charge on any atom is 0.350 e. The molecule has 20 heavy (non-hydrogen) atoms. The highest BCUT2D eigenvalue weighted by atomic mass is 32.2. The Labute approximate surface area is 120 Å². The smallest absolute Gasteiger partial charge is 0.350 e. The highest BCUT2D eigenvalue weighted by Crippen LogP contribution is 2.19. The zero-order chi connectivity index (χ0) is 14.7. The molecule has 1 heterocycles. The second-order valence-corrected chi connectivity index (χ2v) is 5.23. The number of aromatic hydroxyl groups is 1. The Bertz CT molecular complexity index is 686. The van der Waals surface area contributed by atoms with Crippen molar-refractivity contribution in [2.75, 3.05) is 6.26 Å². The summed E-state index contributed by atoms with van der Waals surface area (Å²) in [7, 11) is 0. The minimum Gasteiger partial charge on any atom is -0.507 e. The van der Waals surface area contributed by atoms with Gasteiger partial charge in [0.25, 0.3) is 0 Å². The van der Waals surface area contributed by atoms with E-state index in [0.717, 1.165) is 10.5 Å². The fourth-order valence-electron chi connectivity index (χ4n) is 1.87. The zero-order valence-electron chi connectivity index (χ0n) is 11.2. The summed E-state index contributed by atoms with van der Waals surface area (Å²) in [5.74, 6) is -0.508. The van der Waals surface area contributed by atoms with Crippen LogP contribution in [0, 0.1) is 6.92 Å². The van der Waals surface area contributed by atoms with Crippen LogP contribution in [0.25, 0.3) is 0 Å². The summed E-state index contributed by atoms with van der Waals surface area (Å²) in [5.41, 5.74) is -0.301. The Morgan fingerprint density at radius 3 is 2.50 bits per heavy atom. The second kappa shape index (κ2) is 5.96. The lowest BCUT2D eigenvalue weighted by Gasteiger charge is -2.04. The molecule has 0 saturated heterocycles. The molecule has 4 nitrogen and oxygen atoms in total. The molecule has 0 saturated carbocycles. The summed E-state index contributed by atoms with van der Waals surface area (Å²) in [6, 6.07) is 8.74. The molecule has 0 aliphatic heterocycles. The van der Waals surface area contributed by atoms with Crippen LogP contribution in [0.1, 0.15) is 21.7 Å². The highest BCUT2D eigenvalue weighted by molar-refractivity contribution is 7.98. The van der Waals surface area contributed by atoms with Gasteiger partial charge in [0.2, 0.25) is 0 Å². The lowest BCUT2D eigenvalue weighted by Crippen LogP contribution is -2.16. The van der Waals surface area contributed by atoms with Crippen LogP contribution in [0.4, 0.5) is 0 Å². The summed E-state index contributed by atoms with van der Waals surface area (Å²) in [6.07, 6.45) is 2.02. The van der Waals surface area contributed by atoms with Gasteiger partial charge in [-0.3, -0.25) is 4.79 Å². The summed E-state index contributed by atoms with van der Waals surface area (Å²) < 4.78 is 4.84. The molecule has 104 valence electrons. The summed E-state index contributed by atoms with van der Waals surface area (Å²) in [4.78, 5) is 24.8. The largest absolute Gasteiger partial charge is 0.507 e. The Morgan fingerprint density at radius 2 is 1.95 bits per heavy atom. The van der Waals surface area contributed by atoms with Crippen molar-refractivity contribution >= 4 is 17.5 Å². The molecule has 0 amide bonds. The number of ketones is 1. The van der Waals surface area contributed by atoms with Crippen LogP contribution in [-0.2, 0) is 6.42 Å². The van der Waals surface area contributed by atoms with Crippen molar-refractivity contribution in [3.63, 3.8) is 0 Å². The molecule has 0 fully saturated rings. The van der Waals surface area contributed by atoms with Crippen molar-refractivity contribution in [3.05, 3.63) is 57.6 Å². The van der Waals surface area contributed by atoms with Crippen LogP contribution >= 0.6 is 11.8 Å². The Morgan fingerprint density at radius 1 is 1.30 bits per heavy atom. The second-order valence-electron chi connectivity index (χ2n) is 4.35. The molecule has 0 spiro atoms. The van der Waals surface area contributed by atoms with Crippen LogP contribution in [0.15, 0.2) is 44.4 Å². The monoisotopic (exact) mass is 290 g/mol. The van der Waals surface area contributed by atoms with Crippen molar-refractivity contribution in [1.82, 2.24) is 0 Å². The van der Waals surface area contributed by atoms with Crippen LogP contribution in [0.2, 0.25) is 0 Å². The lowest BCUT2D eigenvalue weighted by atomic mass is 10.0. The Hall–Kier alpha value is -2.01. The molecule has 1 aromatic heterocycles. The fourth-order valence-corrected chi connectivity index (χ4v) is 2.28. The third-order valence-electron chi connectivity index (χ3n) is 2.86. The zero-order valence-corrected chi connectivity index (χ0v) is 12.0. The first kappa shape index (κ1) is 14.4. The molecule has 0 aliphatic rings. The standard InChI is InChI=1S/C15H14O4S/c1-9-7-12(16)14(15(18)19-9)13(17)8-10-3-5-11(20-2)6-4-10/h3-7,16H,8H2,1-2H3. The molecular formula is C15H14O4S. The average molecular weight is 290 g/mol. The fraction of sp³-hybridized carbons (Fsp3) is 0.200. The summed E-state index contributed by atoms with van der Waals surface area (Å²) in [6.45, 7) is 1.54. The van der Waals surface area contributed by atoms with Gasteiger partial charge in [0, 0.05) is 17.4 Å². The Balaban J connectivity index is 2.26. The minimum atomic E-state index is -0.798. The minimum absolute atomic E-state index is 0.0516. The lowest BCUT2D eigenvalue weighted by molar-refractivity contribution is 0.0986. The molecular weight excluding hydrogens is 276 g/mol. The van der Waals surface area contributed by atoms with Gasteiger partial charge in [-0.1, -0.05) is 12.1 Å². The topological polar surface area (TPSA) is 67.5 Å². The maximum absolute atomic E-state index is 12.1. The number of rotatable bonds is 4. The van der Waals surface area contributed by atoms with E-state index in [9.17, 15) is 14.7 Å². The number of thioether (sulfide) groups is 1. The van der Waals surface area contributed by atoms with Crippen LogP contribution in [-0.4, -0.2) is 17.1 Å². The van der Waals surface area contributed by atoms with Crippen molar-refractivity contribution in [2.24, 2.45) is 0 Å². The number of carbonyl (C=O) groups is 1. The molecule has 0 atom stereocenters. The summed E-state index contributed by atoms with van der Waals surface area (Å²) >= 11 is 1.61. The van der Waals surface area contributed by atoms with E-state index in [4.69, 9.17) is 4.42 Å². The number of hydrogen-bond donors (Lipinski definition) is 1. The molecule has 0 radical (unpaired) electrons. The Kier molecular flexibility index (Phi) is 4.29. The first-order valence-corrected chi connectivity index (χ1v) is 7.23. The van der Waals surface area contributed by atoms with Crippen LogP contribution < -0.4 is 5.63 Å². The quantitative estimate of drug-likeness (QED) is 0.692. The van der Waals surface area contributed by atoms with Crippen molar-refractivity contribution < 1.29 is 14.3 Å². The van der Waals surface area contributed by atoms with E-state index in [-0.39, 0.29) is 23.5 Å². The van der Waals surface area contributed by atoms with E-state index >= 15 is 0 Å². The van der Waals surface area contributed by atoms with E-state index in [2.05, 4.69) is 0 Å². The number of carbonyl (C=O) groups excluding carboxylic acids is 1. The van der Waals surface area contributed by atoms with Gasteiger partial charge >= 0.3 is 5.63 Å². The first-order valence-electron chi connectivity index (χ1n) is 6.01. The van der Waals surface area contributed by atoms with E-state index in [1.165, 1.54) is 13.0 Å². The van der Waals surface area contributed by atoms with E-state index in [1.54, 1.807) is 11.8 Å². The van der Waals surface area contributed by atoms with Gasteiger partial charge in [0.1, 0.15) is 17.1 Å². The van der Waals surface area contributed by atoms with Gasteiger partial charge in [0.05, 0.1) is 0 Å². The van der Waals surface area contributed by atoms with Crippen molar-refractivity contribution in [2.45, 2.75) is 18.2 Å². The van der Waals surface area contributed by atoms with E-state index < -0.39 is 11.4 Å². The number of hydrogen-bond acceptors (Lipinski definition) is 5. The first-order chi connectivity index (χ1) is 9.51. The third-order valence-corrected chi connectivity index (χ3v) is 3.60. The van der Waals surface area contributed by atoms with Gasteiger partial charge in [-0.15, -0.1) is 11.8 Å². The highest BCUT2D eigenvalue weighted by Gasteiger charge is 2.18. The number of benzene rings is 1. The molecule has 2 rings (SSSR count). The van der Waals surface area contributed by atoms with Crippen LogP contribution in [0.5, 0.6) is 5.75 Å². The molecule has 2 aromatic rings. The van der Waals surface area contributed by atoms with Gasteiger partial charge in [-0.05, 0) is 30.9 Å². The predicted octanol–water partition coefficient (Wildman–Crippen LogP) is 2.80. The molecule has 0 unspecified atom stereocenters. The number of Topliss-reactive ketones (excluding diaryl/α,β-unsaturated/α-hetero) is 1. The van der Waals surface area contributed by atoms with Gasteiger partial charge in [-0.25, -0.2) is 4.79 Å². The molecule has 5 heteroatoms. The predicted molar refractivity (Wildman–Crippen MR) is 77.6 cm³/mol. The van der Waals surface area contributed by atoms with Gasteiger partial charge < -0.3 is 9.52 Å². The summed E-state index contributed by atoms with van der Waals surface area (Å²) in [5, 5.41) is 9.72. The SMILES string of the molecule is CSc1ccc(CC(=O)c2c(O)cc(C)oc2=O)cc1. The molecule has 1 aromatic carbocycles. The molecule has 1 N–H and O–H groups in total. The van der Waals surface area contributed by atoms with Crippen molar-refractivity contribution in [1.29, 1.82) is 0 Å². The van der Waals surface area contributed by atoms with E-state index in [0.29, 0.717) is 0 Å². The normalized spacial score (nSPS) is 10.5. The third kappa shape index (κ3) is 3.11. The van der Waals surface area contributed by atoms with Gasteiger partial charge in [-0.2, -0.15) is 0 Å². The van der Waals surface area contributed by atoms with Crippen LogP contribution in [0.3, 0.4) is 0 Å². The van der Waals surface area contributed by atoms with E-state index in [1.807, 2.05) is 30.5 Å². The maximum atomic E-state index is 12.1. The molecule has 0 bridgehead atoms. The number of aryl methyl sites for hydroxylation is 1.